The lowest BCUT2D eigenvalue weighted by Crippen LogP contribution is -2.33. The van der Waals surface area contributed by atoms with E-state index in [0.29, 0.717) is 11.5 Å². The Bertz CT molecular complexity index is 698. The van der Waals surface area contributed by atoms with Crippen molar-refractivity contribution in [1.82, 2.24) is 0 Å². The van der Waals surface area contributed by atoms with Crippen molar-refractivity contribution in [1.29, 1.82) is 0 Å². The topological polar surface area (TPSA) is 107 Å². The van der Waals surface area contributed by atoms with E-state index >= 15 is 0 Å². The van der Waals surface area contributed by atoms with Crippen LogP contribution in [0, 0.1) is 0 Å². The van der Waals surface area contributed by atoms with E-state index in [1.54, 1.807) is 50.6 Å². The van der Waals surface area contributed by atoms with E-state index in [0.717, 1.165) is 11.1 Å². The highest BCUT2D eigenvalue weighted by Gasteiger charge is 2.24. The lowest BCUT2D eigenvalue weighted by molar-refractivity contribution is -0.314. The van der Waals surface area contributed by atoms with Gasteiger partial charge in [0.25, 0.3) is 0 Å². The molecule has 156 valence electrons. The van der Waals surface area contributed by atoms with E-state index in [1.807, 2.05) is 12.1 Å². The Morgan fingerprint density at radius 1 is 0.793 bits per heavy atom. The van der Waals surface area contributed by atoms with E-state index < -0.39 is 20.5 Å². The fourth-order valence-corrected chi connectivity index (χ4v) is 2.55. The Morgan fingerprint density at radius 2 is 1.28 bits per heavy atom. The van der Waals surface area contributed by atoms with Gasteiger partial charge in [-0.25, -0.2) is 4.89 Å². The Labute approximate surface area is 171 Å². The summed E-state index contributed by atoms with van der Waals surface area (Å²) in [5.41, 5.74) is 1.66. The van der Waals surface area contributed by atoms with Crippen LogP contribution in [0.25, 0.3) is 0 Å². The van der Waals surface area contributed by atoms with Gasteiger partial charge in [0, 0.05) is 25.7 Å². The molecule has 0 heterocycles. The maximum atomic E-state index is 10.1. The first-order valence-electron chi connectivity index (χ1n) is 9.24. The monoisotopic (exact) mass is 404 g/mol. The lowest BCUT2D eigenvalue weighted by atomic mass is 9.81. The van der Waals surface area contributed by atoms with Crippen LogP contribution in [0.4, 0.5) is 0 Å². The van der Waals surface area contributed by atoms with Crippen molar-refractivity contribution < 1.29 is 39.0 Å². The van der Waals surface area contributed by atoms with Crippen molar-refractivity contribution in [2.75, 3.05) is 20.8 Å². The van der Waals surface area contributed by atoms with Crippen molar-refractivity contribution in [3.63, 3.8) is 0 Å². The normalized spacial score (nSPS) is 11.8. The lowest BCUT2D eigenvalue weighted by Gasteiger charge is -2.20. The molecule has 0 fully saturated rings. The SMILES string of the molecule is COc1ccc(CB(O)OOC(CCO)OB(O)Cc2ccc(OC)cc2)cc1. The van der Waals surface area contributed by atoms with Gasteiger partial charge in [0.05, 0.1) is 14.2 Å². The molecule has 0 saturated carbocycles. The minimum Gasteiger partial charge on any atom is -0.497 e. The molecule has 1 unspecified atom stereocenters. The van der Waals surface area contributed by atoms with Crippen LogP contribution in [0.1, 0.15) is 17.5 Å². The van der Waals surface area contributed by atoms with Gasteiger partial charge >= 0.3 is 14.2 Å². The van der Waals surface area contributed by atoms with Crippen molar-refractivity contribution >= 4 is 14.2 Å². The van der Waals surface area contributed by atoms with Crippen molar-refractivity contribution in [2.24, 2.45) is 0 Å². The molecule has 2 aromatic carbocycles. The van der Waals surface area contributed by atoms with Crippen LogP contribution in [-0.4, -0.2) is 56.5 Å². The molecule has 3 N–H and O–H groups in total. The zero-order chi connectivity index (χ0) is 21.1. The molecule has 0 aliphatic carbocycles. The van der Waals surface area contributed by atoms with E-state index in [4.69, 9.17) is 28.9 Å². The smallest absolute Gasteiger partial charge is 0.492 e. The predicted octanol–water partition coefficient (Wildman–Crippen LogP) is 1.20. The van der Waals surface area contributed by atoms with Crippen molar-refractivity contribution in [2.45, 2.75) is 25.4 Å². The van der Waals surface area contributed by atoms with Crippen LogP contribution in [0.2, 0.25) is 0 Å². The first-order chi connectivity index (χ1) is 14.0. The highest BCUT2D eigenvalue weighted by molar-refractivity contribution is 6.42. The third-order valence-corrected chi connectivity index (χ3v) is 4.09. The number of hydrogen-bond donors (Lipinski definition) is 3. The van der Waals surface area contributed by atoms with E-state index in [-0.39, 0.29) is 25.7 Å². The van der Waals surface area contributed by atoms with Crippen LogP contribution >= 0.6 is 0 Å². The molecule has 0 spiro atoms. The van der Waals surface area contributed by atoms with Crippen LogP contribution in [0.15, 0.2) is 48.5 Å². The Kier molecular flexibility index (Phi) is 9.99. The summed E-state index contributed by atoms with van der Waals surface area (Å²) in [4.78, 5) is 10.0. The van der Waals surface area contributed by atoms with Gasteiger partial charge in [-0.05, 0) is 35.4 Å². The summed E-state index contributed by atoms with van der Waals surface area (Å²) in [5, 5.41) is 29.3. The minimum absolute atomic E-state index is 0.0644. The molecule has 2 rings (SSSR count). The molecule has 0 radical (unpaired) electrons. The number of benzene rings is 2. The second-order valence-corrected chi connectivity index (χ2v) is 6.28. The first kappa shape index (κ1) is 23.2. The molecule has 0 aromatic heterocycles. The highest BCUT2D eigenvalue weighted by atomic mass is 17.2. The second kappa shape index (κ2) is 12.5. The summed E-state index contributed by atoms with van der Waals surface area (Å²) >= 11 is 0. The molecule has 1 atom stereocenters. The largest absolute Gasteiger partial charge is 0.497 e. The maximum Gasteiger partial charge on any atom is 0.492 e. The van der Waals surface area contributed by atoms with Crippen molar-refractivity contribution in [3.8, 4) is 11.5 Å². The average Bonchev–Trinajstić information content (AvgIpc) is 2.73. The molecule has 0 aliphatic rings. The number of hydrogen-bond acceptors (Lipinski definition) is 8. The predicted molar refractivity (Wildman–Crippen MR) is 108 cm³/mol. The Hall–Kier alpha value is -2.07. The molecule has 29 heavy (non-hydrogen) atoms. The third kappa shape index (κ3) is 8.45. The molecule has 0 amide bonds. The molecule has 0 bridgehead atoms. The van der Waals surface area contributed by atoms with E-state index in [2.05, 4.69) is 0 Å². The first-order valence-corrected chi connectivity index (χ1v) is 9.24. The van der Waals surface area contributed by atoms with Crippen molar-refractivity contribution in [3.05, 3.63) is 59.7 Å². The second-order valence-electron chi connectivity index (χ2n) is 6.28. The number of aliphatic hydroxyl groups is 1. The summed E-state index contributed by atoms with van der Waals surface area (Å²) in [6, 6.07) is 14.3. The highest BCUT2D eigenvalue weighted by Crippen LogP contribution is 2.15. The van der Waals surface area contributed by atoms with Gasteiger partial charge in [-0.15, -0.1) is 0 Å². The maximum absolute atomic E-state index is 10.1. The fourth-order valence-electron chi connectivity index (χ4n) is 2.55. The Balaban J connectivity index is 1.79. The number of rotatable bonds is 13. The summed E-state index contributed by atoms with van der Waals surface area (Å²) in [6.45, 7) is -0.238. The summed E-state index contributed by atoms with van der Waals surface area (Å²) in [7, 11) is 0.729. The van der Waals surface area contributed by atoms with Gasteiger partial charge < -0.3 is 29.3 Å². The molecule has 0 aliphatic heterocycles. The van der Waals surface area contributed by atoms with Gasteiger partial charge in [0.2, 0.25) is 0 Å². The molecule has 10 heteroatoms. The zero-order valence-corrected chi connectivity index (χ0v) is 16.6. The quantitative estimate of drug-likeness (QED) is 0.198. The summed E-state index contributed by atoms with van der Waals surface area (Å²) < 4.78 is 15.5. The van der Waals surface area contributed by atoms with Gasteiger partial charge in [0.15, 0.2) is 6.29 Å². The van der Waals surface area contributed by atoms with Crippen LogP contribution in [0.5, 0.6) is 11.5 Å². The summed E-state index contributed by atoms with van der Waals surface area (Å²) in [5.74, 6) is 1.42. The van der Waals surface area contributed by atoms with Gasteiger partial charge in [-0.2, -0.15) is 0 Å². The van der Waals surface area contributed by atoms with E-state index in [1.165, 1.54) is 0 Å². The number of methoxy groups -OCH3 is 2. The van der Waals surface area contributed by atoms with Crippen LogP contribution in [-0.2, 0) is 27.0 Å². The minimum atomic E-state index is -1.24. The summed E-state index contributed by atoms with van der Waals surface area (Å²) in [6.07, 6.45) is -0.582. The van der Waals surface area contributed by atoms with Gasteiger partial charge in [0.1, 0.15) is 11.5 Å². The van der Waals surface area contributed by atoms with E-state index in [9.17, 15) is 10.0 Å². The molecular formula is C19H26B2O8. The van der Waals surface area contributed by atoms with Crippen LogP contribution in [0.3, 0.4) is 0 Å². The zero-order valence-electron chi connectivity index (χ0n) is 16.6. The molecular weight excluding hydrogens is 378 g/mol. The van der Waals surface area contributed by atoms with Gasteiger partial charge in [-0.1, -0.05) is 24.3 Å². The fraction of sp³-hybridized carbons (Fsp3) is 0.368. The third-order valence-electron chi connectivity index (χ3n) is 4.09. The number of aliphatic hydroxyl groups excluding tert-OH is 1. The molecule has 2 aromatic rings. The van der Waals surface area contributed by atoms with Crippen LogP contribution < -0.4 is 9.47 Å². The van der Waals surface area contributed by atoms with Gasteiger partial charge in [-0.3, -0.25) is 4.81 Å². The molecule has 8 nitrogen and oxygen atoms in total. The molecule has 0 saturated heterocycles. The Morgan fingerprint density at radius 3 is 1.72 bits per heavy atom. The average molecular weight is 404 g/mol. The standard InChI is InChI=1S/C19H26B2O8/c1-25-17-7-3-15(4-8-17)13-20(23)27-19(11-12-22)28-29-21(24)14-16-5-9-18(26-2)10-6-16/h3-10,19,22-24H,11-14H2,1-2H3. The number of ether oxygens (including phenoxy) is 2.